The van der Waals surface area contributed by atoms with E-state index >= 15 is 0 Å². The van der Waals surface area contributed by atoms with Crippen molar-refractivity contribution >= 4 is 15.8 Å². The van der Waals surface area contributed by atoms with E-state index in [9.17, 15) is 8.42 Å². The third-order valence-corrected chi connectivity index (χ3v) is 5.68. The molecule has 1 aromatic heterocycles. The van der Waals surface area contributed by atoms with E-state index in [0.717, 1.165) is 44.9 Å². The number of hydrogen-bond acceptors (Lipinski definition) is 5. The molecule has 2 N–H and O–H groups in total. The van der Waals surface area contributed by atoms with Gasteiger partial charge in [-0.2, -0.15) is 0 Å². The van der Waals surface area contributed by atoms with Crippen molar-refractivity contribution in [2.75, 3.05) is 25.1 Å². The standard InChI is InChI=1S/C17H29N3O3S/c1-3-15(4-2)20-24(21,22)16-8-9-17(19-12-16)18-10-5-11-23-13-14-6-7-14/h8-9,12,14-15,20H,3-7,10-11,13H2,1-2H3,(H,18,19). The summed E-state index contributed by atoms with van der Waals surface area (Å²) >= 11 is 0. The van der Waals surface area contributed by atoms with Crippen molar-refractivity contribution in [2.24, 2.45) is 5.92 Å². The molecule has 24 heavy (non-hydrogen) atoms. The summed E-state index contributed by atoms with van der Waals surface area (Å²) < 4.78 is 32.8. The Labute approximate surface area is 145 Å². The molecule has 0 saturated heterocycles. The predicted molar refractivity (Wildman–Crippen MR) is 95.6 cm³/mol. The number of sulfonamides is 1. The van der Waals surface area contributed by atoms with Crippen molar-refractivity contribution in [3.8, 4) is 0 Å². The highest BCUT2D eigenvalue weighted by Gasteiger charge is 2.21. The number of rotatable bonds is 12. The molecule has 0 aromatic carbocycles. The second-order valence-corrected chi connectivity index (χ2v) is 8.03. The first kappa shape index (κ1) is 19.1. The molecule has 0 unspecified atom stereocenters. The Morgan fingerprint density at radius 2 is 2.04 bits per heavy atom. The lowest BCUT2D eigenvalue weighted by molar-refractivity contribution is 0.124. The molecule has 2 rings (SSSR count). The fraction of sp³-hybridized carbons (Fsp3) is 0.706. The monoisotopic (exact) mass is 355 g/mol. The smallest absolute Gasteiger partial charge is 0.242 e. The summed E-state index contributed by atoms with van der Waals surface area (Å²) in [5.41, 5.74) is 0. The van der Waals surface area contributed by atoms with Crippen LogP contribution in [0.5, 0.6) is 0 Å². The zero-order valence-electron chi connectivity index (χ0n) is 14.6. The van der Waals surface area contributed by atoms with Crippen LogP contribution in [0.2, 0.25) is 0 Å². The molecule has 1 aliphatic carbocycles. The minimum absolute atomic E-state index is 0.0385. The van der Waals surface area contributed by atoms with Crippen LogP contribution in [0.15, 0.2) is 23.2 Å². The largest absolute Gasteiger partial charge is 0.381 e. The average molecular weight is 356 g/mol. The molecule has 0 spiro atoms. The summed E-state index contributed by atoms with van der Waals surface area (Å²) in [5, 5.41) is 3.18. The second kappa shape index (κ2) is 9.34. The fourth-order valence-electron chi connectivity index (χ4n) is 2.31. The van der Waals surface area contributed by atoms with Gasteiger partial charge in [0.25, 0.3) is 0 Å². The van der Waals surface area contributed by atoms with Crippen molar-refractivity contribution in [3.63, 3.8) is 0 Å². The van der Waals surface area contributed by atoms with E-state index in [4.69, 9.17) is 4.74 Å². The molecule has 7 heteroatoms. The predicted octanol–water partition coefficient (Wildman–Crippen LogP) is 2.78. The van der Waals surface area contributed by atoms with Gasteiger partial charge < -0.3 is 10.1 Å². The summed E-state index contributed by atoms with van der Waals surface area (Å²) in [4.78, 5) is 4.39. The van der Waals surface area contributed by atoms with Gasteiger partial charge in [-0.25, -0.2) is 18.1 Å². The van der Waals surface area contributed by atoms with Gasteiger partial charge in [-0.3, -0.25) is 0 Å². The van der Waals surface area contributed by atoms with Crippen LogP contribution in [0.25, 0.3) is 0 Å². The van der Waals surface area contributed by atoms with E-state index in [2.05, 4.69) is 15.0 Å². The summed E-state index contributed by atoms with van der Waals surface area (Å²) in [7, 11) is -3.50. The van der Waals surface area contributed by atoms with Gasteiger partial charge in [0.05, 0.1) is 0 Å². The first-order valence-electron chi connectivity index (χ1n) is 8.85. The maximum atomic E-state index is 12.3. The molecular formula is C17H29N3O3S. The Morgan fingerprint density at radius 1 is 1.29 bits per heavy atom. The van der Waals surface area contributed by atoms with Crippen molar-refractivity contribution < 1.29 is 13.2 Å². The van der Waals surface area contributed by atoms with Crippen LogP contribution >= 0.6 is 0 Å². The van der Waals surface area contributed by atoms with Crippen molar-refractivity contribution in [1.82, 2.24) is 9.71 Å². The van der Waals surface area contributed by atoms with E-state index in [-0.39, 0.29) is 10.9 Å². The average Bonchev–Trinajstić information content (AvgIpc) is 3.40. The zero-order chi connectivity index (χ0) is 17.4. The van der Waals surface area contributed by atoms with E-state index in [0.29, 0.717) is 5.82 Å². The molecule has 0 atom stereocenters. The Morgan fingerprint density at radius 3 is 2.62 bits per heavy atom. The molecule has 1 aliphatic rings. The molecule has 0 radical (unpaired) electrons. The van der Waals surface area contributed by atoms with Gasteiger partial charge in [-0.1, -0.05) is 13.8 Å². The van der Waals surface area contributed by atoms with E-state index in [1.54, 1.807) is 12.1 Å². The maximum Gasteiger partial charge on any atom is 0.242 e. The number of hydrogen-bond donors (Lipinski definition) is 2. The third-order valence-electron chi connectivity index (χ3n) is 4.18. The molecule has 0 bridgehead atoms. The molecule has 136 valence electrons. The Hall–Kier alpha value is -1.18. The molecule has 0 aliphatic heterocycles. The first-order chi connectivity index (χ1) is 11.5. The van der Waals surface area contributed by atoms with Crippen LogP contribution in [-0.4, -0.2) is 39.2 Å². The van der Waals surface area contributed by atoms with Crippen LogP contribution in [-0.2, 0) is 14.8 Å². The minimum Gasteiger partial charge on any atom is -0.381 e. The number of nitrogens with zero attached hydrogens (tertiary/aromatic N) is 1. The molecule has 1 heterocycles. The van der Waals surface area contributed by atoms with Crippen LogP contribution in [0, 0.1) is 5.92 Å². The van der Waals surface area contributed by atoms with Gasteiger partial charge >= 0.3 is 0 Å². The van der Waals surface area contributed by atoms with Crippen LogP contribution < -0.4 is 10.0 Å². The second-order valence-electron chi connectivity index (χ2n) is 6.31. The van der Waals surface area contributed by atoms with Gasteiger partial charge in [0.1, 0.15) is 10.7 Å². The summed E-state index contributed by atoms with van der Waals surface area (Å²) in [6, 6.07) is 3.25. The highest BCUT2D eigenvalue weighted by molar-refractivity contribution is 7.89. The van der Waals surface area contributed by atoms with Gasteiger partial charge in [0, 0.05) is 32.0 Å². The van der Waals surface area contributed by atoms with Crippen molar-refractivity contribution in [3.05, 3.63) is 18.3 Å². The molecule has 1 fully saturated rings. The van der Waals surface area contributed by atoms with Crippen molar-refractivity contribution in [1.29, 1.82) is 0 Å². The topological polar surface area (TPSA) is 80.3 Å². The lowest BCUT2D eigenvalue weighted by Crippen LogP contribution is -2.33. The van der Waals surface area contributed by atoms with E-state index in [1.807, 2.05) is 13.8 Å². The zero-order valence-corrected chi connectivity index (χ0v) is 15.4. The lowest BCUT2D eigenvalue weighted by Gasteiger charge is -2.15. The summed E-state index contributed by atoms with van der Waals surface area (Å²) in [5.74, 6) is 1.47. The van der Waals surface area contributed by atoms with E-state index in [1.165, 1.54) is 19.0 Å². The lowest BCUT2D eigenvalue weighted by atomic mass is 10.2. The SMILES string of the molecule is CCC(CC)NS(=O)(=O)c1ccc(NCCCOCC2CC2)nc1. The maximum absolute atomic E-state index is 12.3. The minimum atomic E-state index is -3.50. The molecular weight excluding hydrogens is 326 g/mol. The number of nitrogens with one attached hydrogen (secondary N) is 2. The summed E-state index contributed by atoms with van der Waals surface area (Å²) in [6.07, 6.45) is 6.46. The first-order valence-corrected chi connectivity index (χ1v) is 10.3. The number of anilines is 1. The quantitative estimate of drug-likeness (QED) is 0.564. The van der Waals surface area contributed by atoms with Gasteiger partial charge in [-0.05, 0) is 50.2 Å². The Balaban J connectivity index is 1.74. The molecule has 0 amide bonds. The molecule has 6 nitrogen and oxygen atoms in total. The Kier molecular flexibility index (Phi) is 7.45. The highest BCUT2D eigenvalue weighted by atomic mass is 32.2. The van der Waals surface area contributed by atoms with Gasteiger partial charge in [0.2, 0.25) is 10.0 Å². The van der Waals surface area contributed by atoms with Crippen molar-refractivity contribution in [2.45, 2.75) is 56.9 Å². The highest BCUT2D eigenvalue weighted by Crippen LogP contribution is 2.28. The number of ether oxygens (including phenoxy) is 1. The van der Waals surface area contributed by atoms with Gasteiger partial charge in [-0.15, -0.1) is 0 Å². The normalized spacial score (nSPS) is 15.0. The molecule has 1 saturated carbocycles. The number of aromatic nitrogens is 1. The Bertz CT molecular complexity index is 582. The third kappa shape index (κ3) is 6.37. The van der Waals surface area contributed by atoms with Crippen LogP contribution in [0.1, 0.15) is 46.0 Å². The number of pyridine rings is 1. The fourth-order valence-corrected chi connectivity index (χ4v) is 3.66. The summed E-state index contributed by atoms with van der Waals surface area (Å²) in [6.45, 7) is 6.33. The van der Waals surface area contributed by atoms with Crippen LogP contribution in [0.4, 0.5) is 5.82 Å². The van der Waals surface area contributed by atoms with Gasteiger partial charge in [0.15, 0.2) is 0 Å². The van der Waals surface area contributed by atoms with E-state index < -0.39 is 10.0 Å². The molecule has 1 aromatic rings. The van der Waals surface area contributed by atoms with Crippen LogP contribution in [0.3, 0.4) is 0 Å².